The van der Waals surface area contributed by atoms with Gasteiger partial charge in [-0.1, -0.05) is 28.1 Å². The average Bonchev–Trinajstić information content (AvgIpc) is 2.40. The second kappa shape index (κ2) is 6.30. The van der Waals surface area contributed by atoms with E-state index in [1.54, 1.807) is 18.3 Å². The third-order valence-electron chi connectivity index (χ3n) is 2.68. The van der Waals surface area contributed by atoms with E-state index in [1.165, 1.54) is 0 Å². The summed E-state index contributed by atoms with van der Waals surface area (Å²) in [7, 11) is 0. The van der Waals surface area contributed by atoms with Gasteiger partial charge in [0, 0.05) is 15.1 Å². The summed E-state index contributed by atoms with van der Waals surface area (Å²) < 4.78 is 1.87. The Hall–Kier alpha value is -1.20. The largest absolute Gasteiger partial charge is 0.344 e. The molecule has 0 unspecified atom stereocenters. The Morgan fingerprint density at radius 1 is 1.11 bits per heavy atom. The van der Waals surface area contributed by atoms with Crippen molar-refractivity contribution in [1.29, 1.82) is 0 Å². The topological polar surface area (TPSA) is 42.0 Å². The predicted octanol–water partition coefficient (Wildman–Crippen LogP) is 4.10. The highest BCUT2D eigenvalue weighted by atomic mass is 79.9. The number of amides is 1. The molecule has 0 radical (unpaired) electrons. The summed E-state index contributed by atoms with van der Waals surface area (Å²) in [5.74, 6) is -0.178. The van der Waals surface area contributed by atoms with Crippen molar-refractivity contribution in [3.8, 4) is 0 Å². The maximum atomic E-state index is 12.0. The van der Waals surface area contributed by atoms with E-state index in [2.05, 4.69) is 42.2 Å². The molecule has 1 aromatic heterocycles. The molecule has 0 aliphatic rings. The van der Waals surface area contributed by atoms with Gasteiger partial charge < -0.3 is 5.32 Å². The average molecular weight is 384 g/mol. The van der Waals surface area contributed by atoms with Crippen LogP contribution in [0.4, 0.5) is 0 Å². The van der Waals surface area contributed by atoms with E-state index in [9.17, 15) is 4.79 Å². The molecule has 0 spiro atoms. The molecule has 19 heavy (non-hydrogen) atoms. The van der Waals surface area contributed by atoms with Crippen LogP contribution >= 0.6 is 31.9 Å². The van der Waals surface area contributed by atoms with E-state index in [1.807, 2.05) is 31.2 Å². The van der Waals surface area contributed by atoms with Gasteiger partial charge in [-0.25, -0.2) is 4.98 Å². The van der Waals surface area contributed by atoms with Gasteiger partial charge in [-0.05, 0) is 52.7 Å². The molecule has 1 N–H and O–H groups in total. The first-order valence-electron chi connectivity index (χ1n) is 5.74. The number of carbonyl (C=O) groups excluding carboxylic acids is 1. The van der Waals surface area contributed by atoms with Crippen LogP contribution in [0.15, 0.2) is 51.5 Å². The van der Waals surface area contributed by atoms with Crippen molar-refractivity contribution >= 4 is 37.8 Å². The van der Waals surface area contributed by atoms with Crippen LogP contribution in [0.3, 0.4) is 0 Å². The first kappa shape index (κ1) is 14.2. The van der Waals surface area contributed by atoms with Crippen LogP contribution in [-0.2, 0) is 0 Å². The Labute approximate surface area is 128 Å². The van der Waals surface area contributed by atoms with Crippen molar-refractivity contribution < 1.29 is 4.79 Å². The molecule has 0 fully saturated rings. The van der Waals surface area contributed by atoms with Crippen LogP contribution in [0.1, 0.15) is 29.0 Å². The smallest absolute Gasteiger partial charge is 0.270 e. The number of pyridine rings is 1. The Balaban J connectivity index is 2.06. The number of hydrogen-bond acceptors (Lipinski definition) is 2. The molecule has 1 amide bonds. The van der Waals surface area contributed by atoms with E-state index in [0.29, 0.717) is 5.69 Å². The molecule has 1 aromatic carbocycles. The number of aromatic nitrogens is 1. The van der Waals surface area contributed by atoms with E-state index in [4.69, 9.17) is 0 Å². The zero-order chi connectivity index (χ0) is 13.8. The van der Waals surface area contributed by atoms with Gasteiger partial charge in [0.1, 0.15) is 5.69 Å². The lowest BCUT2D eigenvalue weighted by molar-refractivity contribution is 0.0935. The maximum Gasteiger partial charge on any atom is 0.270 e. The summed E-state index contributed by atoms with van der Waals surface area (Å²) in [6.07, 6.45) is 1.61. The SMILES string of the molecule is C[C@@H](NC(=O)c1ccc(Br)cn1)c1ccc(Br)cc1. The fourth-order valence-electron chi connectivity index (χ4n) is 1.62. The van der Waals surface area contributed by atoms with Gasteiger partial charge in [0.05, 0.1) is 6.04 Å². The second-order valence-corrected chi connectivity index (χ2v) is 5.94. The minimum absolute atomic E-state index is 0.0638. The number of nitrogens with zero attached hydrogens (tertiary/aromatic N) is 1. The van der Waals surface area contributed by atoms with Crippen molar-refractivity contribution in [2.75, 3.05) is 0 Å². The third-order valence-corrected chi connectivity index (χ3v) is 3.68. The minimum Gasteiger partial charge on any atom is -0.344 e. The lowest BCUT2D eigenvalue weighted by Gasteiger charge is -2.14. The molecular weight excluding hydrogens is 372 g/mol. The molecule has 98 valence electrons. The summed E-state index contributed by atoms with van der Waals surface area (Å²) in [4.78, 5) is 16.1. The van der Waals surface area contributed by atoms with Crippen LogP contribution in [-0.4, -0.2) is 10.9 Å². The van der Waals surface area contributed by atoms with Crippen molar-refractivity contribution in [2.45, 2.75) is 13.0 Å². The summed E-state index contributed by atoms with van der Waals surface area (Å²) >= 11 is 6.68. The lowest BCUT2D eigenvalue weighted by atomic mass is 10.1. The van der Waals surface area contributed by atoms with Gasteiger partial charge in [-0.15, -0.1) is 0 Å². The minimum atomic E-state index is -0.178. The van der Waals surface area contributed by atoms with Gasteiger partial charge in [-0.2, -0.15) is 0 Å². The maximum absolute atomic E-state index is 12.0. The zero-order valence-electron chi connectivity index (χ0n) is 10.2. The monoisotopic (exact) mass is 382 g/mol. The zero-order valence-corrected chi connectivity index (χ0v) is 13.4. The van der Waals surface area contributed by atoms with Crippen molar-refractivity contribution in [1.82, 2.24) is 10.3 Å². The van der Waals surface area contributed by atoms with Crippen LogP contribution in [0.5, 0.6) is 0 Å². The Morgan fingerprint density at radius 2 is 1.74 bits per heavy atom. The quantitative estimate of drug-likeness (QED) is 0.866. The lowest BCUT2D eigenvalue weighted by Crippen LogP contribution is -2.27. The molecular formula is C14H12Br2N2O. The molecule has 0 saturated heterocycles. The Morgan fingerprint density at radius 3 is 2.32 bits per heavy atom. The number of halogens is 2. The van der Waals surface area contributed by atoms with Gasteiger partial charge >= 0.3 is 0 Å². The van der Waals surface area contributed by atoms with Crippen LogP contribution in [0.25, 0.3) is 0 Å². The molecule has 0 aliphatic heterocycles. The highest BCUT2D eigenvalue weighted by Gasteiger charge is 2.12. The first-order chi connectivity index (χ1) is 9.06. The van der Waals surface area contributed by atoms with Crippen LogP contribution < -0.4 is 5.32 Å². The summed E-state index contributed by atoms with van der Waals surface area (Å²) in [5, 5.41) is 2.92. The Kier molecular flexibility index (Phi) is 4.71. The molecule has 2 rings (SSSR count). The Bertz CT molecular complexity index is 567. The van der Waals surface area contributed by atoms with Crippen molar-refractivity contribution in [3.05, 3.63) is 62.8 Å². The fourth-order valence-corrected chi connectivity index (χ4v) is 2.11. The number of hydrogen-bond donors (Lipinski definition) is 1. The standard InChI is InChI=1S/C14H12Br2N2O/c1-9(10-2-4-11(15)5-3-10)18-14(19)13-7-6-12(16)8-17-13/h2-9H,1H3,(H,18,19)/t9-/m1/s1. The van der Waals surface area contributed by atoms with E-state index in [-0.39, 0.29) is 11.9 Å². The molecule has 2 aromatic rings. The van der Waals surface area contributed by atoms with E-state index in [0.717, 1.165) is 14.5 Å². The molecule has 0 saturated carbocycles. The van der Waals surface area contributed by atoms with Crippen molar-refractivity contribution in [3.63, 3.8) is 0 Å². The summed E-state index contributed by atoms with van der Waals surface area (Å²) in [5.41, 5.74) is 1.46. The number of nitrogens with one attached hydrogen (secondary N) is 1. The van der Waals surface area contributed by atoms with Crippen molar-refractivity contribution in [2.24, 2.45) is 0 Å². The van der Waals surface area contributed by atoms with Crippen LogP contribution in [0, 0.1) is 0 Å². The first-order valence-corrected chi connectivity index (χ1v) is 7.33. The molecule has 0 aliphatic carbocycles. The molecule has 0 bridgehead atoms. The van der Waals surface area contributed by atoms with Gasteiger partial charge in [-0.3, -0.25) is 4.79 Å². The fraction of sp³-hybridized carbons (Fsp3) is 0.143. The number of carbonyl (C=O) groups is 1. The van der Waals surface area contributed by atoms with Crippen LogP contribution in [0.2, 0.25) is 0 Å². The van der Waals surface area contributed by atoms with E-state index < -0.39 is 0 Å². The number of benzene rings is 1. The third kappa shape index (κ3) is 3.88. The number of rotatable bonds is 3. The van der Waals surface area contributed by atoms with E-state index >= 15 is 0 Å². The van der Waals surface area contributed by atoms with Gasteiger partial charge in [0.2, 0.25) is 0 Å². The highest BCUT2D eigenvalue weighted by molar-refractivity contribution is 9.10. The molecule has 1 atom stereocenters. The second-order valence-electron chi connectivity index (χ2n) is 4.11. The summed E-state index contributed by atoms with van der Waals surface area (Å²) in [6, 6.07) is 11.3. The normalized spacial score (nSPS) is 11.9. The predicted molar refractivity (Wildman–Crippen MR) is 82.0 cm³/mol. The molecule has 3 nitrogen and oxygen atoms in total. The summed E-state index contributed by atoms with van der Waals surface area (Å²) in [6.45, 7) is 1.94. The molecule has 5 heteroatoms. The van der Waals surface area contributed by atoms with Gasteiger partial charge in [0.25, 0.3) is 5.91 Å². The highest BCUT2D eigenvalue weighted by Crippen LogP contribution is 2.17. The van der Waals surface area contributed by atoms with Gasteiger partial charge in [0.15, 0.2) is 0 Å². The molecule has 1 heterocycles.